The van der Waals surface area contributed by atoms with E-state index < -0.39 is 0 Å². The maximum atomic E-state index is 12.1. The number of urea groups is 1. The van der Waals surface area contributed by atoms with E-state index in [0.717, 1.165) is 50.5 Å². The maximum absolute atomic E-state index is 12.1. The summed E-state index contributed by atoms with van der Waals surface area (Å²) in [5, 5.41) is 10.00. The zero-order valence-corrected chi connectivity index (χ0v) is 15.1. The Morgan fingerprint density at radius 1 is 1.27 bits per heavy atom. The van der Waals surface area contributed by atoms with E-state index in [1.807, 2.05) is 31.2 Å². The number of benzene rings is 1. The Hall–Kier alpha value is -2.45. The van der Waals surface area contributed by atoms with E-state index in [-0.39, 0.29) is 12.1 Å². The standard InChI is InChI=1S/C18H26N6O2/c1-15(16-3-5-17(6-4-16)24-14-19-13-21-24)22-18(25)20-7-2-8-23-9-11-26-12-10-23/h3-6,13-15H,2,7-12H2,1H3,(H2,20,22,25). The molecule has 1 aliphatic heterocycles. The van der Waals surface area contributed by atoms with Crippen LogP contribution >= 0.6 is 0 Å². The average Bonchev–Trinajstić information content (AvgIpc) is 3.21. The molecule has 2 heterocycles. The highest BCUT2D eigenvalue weighted by molar-refractivity contribution is 5.74. The van der Waals surface area contributed by atoms with Gasteiger partial charge in [-0.15, -0.1) is 0 Å². The van der Waals surface area contributed by atoms with E-state index >= 15 is 0 Å². The van der Waals surface area contributed by atoms with Crippen molar-refractivity contribution in [3.63, 3.8) is 0 Å². The highest BCUT2D eigenvalue weighted by Gasteiger charge is 2.11. The fraction of sp³-hybridized carbons (Fsp3) is 0.500. The third-order valence-corrected chi connectivity index (χ3v) is 4.46. The molecule has 0 aliphatic carbocycles. The highest BCUT2D eigenvalue weighted by atomic mass is 16.5. The third-order valence-electron chi connectivity index (χ3n) is 4.46. The van der Waals surface area contributed by atoms with Crippen molar-refractivity contribution in [2.45, 2.75) is 19.4 Å². The van der Waals surface area contributed by atoms with E-state index in [9.17, 15) is 4.79 Å². The molecule has 1 fully saturated rings. The van der Waals surface area contributed by atoms with Crippen molar-refractivity contribution in [2.24, 2.45) is 0 Å². The quantitative estimate of drug-likeness (QED) is 0.730. The van der Waals surface area contributed by atoms with Gasteiger partial charge in [0.25, 0.3) is 0 Å². The fourth-order valence-corrected chi connectivity index (χ4v) is 2.92. The maximum Gasteiger partial charge on any atom is 0.315 e. The molecule has 1 aliphatic rings. The number of carbonyl (C=O) groups is 1. The molecule has 2 N–H and O–H groups in total. The molecule has 1 unspecified atom stereocenters. The van der Waals surface area contributed by atoms with Crippen molar-refractivity contribution in [3.05, 3.63) is 42.5 Å². The van der Waals surface area contributed by atoms with Gasteiger partial charge in [0.15, 0.2) is 0 Å². The van der Waals surface area contributed by atoms with Crippen LogP contribution in [0, 0.1) is 0 Å². The second-order valence-corrected chi connectivity index (χ2v) is 6.36. The summed E-state index contributed by atoms with van der Waals surface area (Å²) in [6.45, 7) is 7.20. The van der Waals surface area contributed by atoms with E-state index in [1.54, 1.807) is 11.0 Å². The van der Waals surface area contributed by atoms with Crippen LogP contribution in [-0.4, -0.2) is 65.1 Å². The van der Waals surface area contributed by atoms with Crippen molar-refractivity contribution < 1.29 is 9.53 Å². The summed E-state index contributed by atoms with van der Waals surface area (Å²) in [5.41, 5.74) is 1.98. The number of amides is 2. The Bertz CT molecular complexity index is 667. The van der Waals surface area contributed by atoms with Crippen molar-refractivity contribution in [2.75, 3.05) is 39.4 Å². The molecule has 0 saturated carbocycles. The summed E-state index contributed by atoms with van der Waals surface area (Å²) in [6, 6.07) is 7.69. The van der Waals surface area contributed by atoms with Crippen molar-refractivity contribution in [3.8, 4) is 5.69 Å². The molecule has 1 aromatic heterocycles. The highest BCUT2D eigenvalue weighted by Crippen LogP contribution is 2.15. The molecule has 3 rings (SSSR count). The fourth-order valence-electron chi connectivity index (χ4n) is 2.92. The SMILES string of the molecule is CC(NC(=O)NCCCN1CCOCC1)c1ccc(-n2cncn2)cc1. The number of aromatic nitrogens is 3. The first-order valence-electron chi connectivity index (χ1n) is 9.02. The van der Waals surface area contributed by atoms with Gasteiger partial charge in [0.1, 0.15) is 12.7 Å². The van der Waals surface area contributed by atoms with Gasteiger partial charge in [0.05, 0.1) is 24.9 Å². The Morgan fingerprint density at radius 3 is 2.73 bits per heavy atom. The summed E-state index contributed by atoms with van der Waals surface area (Å²) in [7, 11) is 0. The number of hydrogen-bond donors (Lipinski definition) is 2. The molecule has 0 spiro atoms. The van der Waals surface area contributed by atoms with Crippen LogP contribution in [-0.2, 0) is 4.74 Å². The van der Waals surface area contributed by atoms with Gasteiger partial charge in [0, 0.05) is 19.6 Å². The predicted octanol–water partition coefficient (Wildman–Crippen LogP) is 1.35. The van der Waals surface area contributed by atoms with Crippen LogP contribution in [0.2, 0.25) is 0 Å². The van der Waals surface area contributed by atoms with Gasteiger partial charge in [-0.3, -0.25) is 4.90 Å². The van der Waals surface area contributed by atoms with Crippen molar-refractivity contribution in [1.29, 1.82) is 0 Å². The van der Waals surface area contributed by atoms with Crippen molar-refractivity contribution in [1.82, 2.24) is 30.3 Å². The normalized spacial score (nSPS) is 16.2. The lowest BCUT2D eigenvalue weighted by Crippen LogP contribution is -2.40. The smallest absolute Gasteiger partial charge is 0.315 e. The topological polar surface area (TPSA) is 84.3 Å². The molecule has 2 amide bonds. The molecule has 26 heavy (non-hydrogen) atoms. The molecule has 1 saturated heterocycles. The van der Waals surface area contributed by atoms with Gasteiger partial charge >= 0.3 is 6.03 Å². The monoisotopic (exact) mass is 358 g/mol. The third kappa shape index (κ3) is 5.27. The molecule has 1 aromatic carbocycles. The average molecular weight is 358 g/mol. The zero-order chi connectivity index (χ0) is 18.2. The van der Waals surface area contributed by atoms with Crippen LogP contribution in [0.25, 0.3) is 5.69 Å². The zero-order valence-electron chi connectivity index (χ0n) is 15.1. The number of morpholine rings is 1. The summed E-state index contributed by atoms with van der Waals surface area (Å²) >= 11 is 0. The minimum absolute atomic E-state index is 0.0703. The lowest BCUT2D eigenvalue weighted by Gasteiger charge is -2.26. The first-order chi connectivity index (χ1) is 12.7. The van der Waals surface area contributed by atoms with Gasteiger partial charge in [-0.25, -0.2) is 14.5 Å². The molecular weight excluding hydrogens is 332 g/mol. The molecule has 140 valence electrons. The van der Waals surface area contributed by atoms with Crippen LogP contribution < -0.4 is 10.6 Å². The lowest BCUT2D eigenvalue weighted by atomic mass is 10.1. The Labute approximate surface area is 153 Å². The van der Waals surface area contributed by atoms with E-state index in [1.165, 1.54) is 6.33 Å². The molecule has 0 radical (unpaired) electrons. The molecule has 8 heteroatoms. The second kappa shape index (κ2) is 9.30. The summed E-state index contributed by atoms with van der Waals surface area (Å²) < 4.78 is 7.03. The number of ether oxygens (including phenoxy) is 1. The van der Waals surface area contributed by atoms with Crippen molar-refractivity contribution >= 4 is 6.03 Å². The minimum Gasteiger partial charge on any atom is -0.379 e. The Morgan fingerprint density at radius 2 is 2.04 bits per heavy atom. The van der Waals surface area contributed by atoms with Gasteiger partial charge in [-0.2, -0.15) is 5.10 Å². The van der Waals surface area contributed by atoms with E-state index in [2.05, 4.69) is 25.6 Å². The predicted molar refractivity (Wildman–Crippen MR) is 98.2 cm³/mol. The number of rotatable bonds is 7. The second-order valence-electron chi connectivity index (χ2n) is 6.36. The van der Waals surface area contributed by atoms with Gasteiger partial charge in [0.2, 0.25) is 0 Å². The molecule has 1 atom stereocenters. The van der Waals surface area contributed by atoms with Crippen LogP contribution in [0.4, 0.5) is 4.79 Å². The first kappa shape index (κ1) is 18.3. The van der Waals surface area contributed by atoms with Crippen LogP contribution in [0.3, 0.4) is 0 Å². The Kier molecular flexibility index (Phi) is 6.56. The van der Waals surface area contributed by atoms with E-state index in [0.29, 0.717) is 6.54 Å². The van der Waals surface area contributed by atoms with Crippen LogP contribution in [0.15, 0.2) is 36.9 Å². The molecule has 8 nitrogen and oxygen atoms in total. The Balaban J connectivity index is 1.38. The molecular formula is C18H26N6O2. The minimum atomic E-state index is -0.139. The summed E-state index contributed by atoms with van der Waals surface area (Å²) in [5.74, 6) is 0. The summed E-state index contributed by atoms with van der Waals surface area (Å²) in [4.78, 5) is 18.4. The number of nitrogens with one attached hydrogen (secondary N) is 2. The first-order valence-corrected chi connectivity index (χ1v) is 9.02. The van der Waals surface area contributed by atoms with Gasteiger partial charge in [-0.1, -0.05) is 12.1 Å². The number of hydrogen-bond acceptors (Lipinski definition) is 5. The van der Waals surface area contributed by atoms with E-state index in [4.69, 9.17) is 4.74 Å². The number of nitrogens with zero attached hydrogens (tertiary/aromatic N) is 4. The summed E-state index contributed by atoms with van der Waals surface area (Å²) in [6.07, 6.45) is 4.09. The molecule has 2 aromatic rings. The van der Waals surface area contributed by atoms with Crippen LogP contribution in [0.1, 0.15) is 24.9 Å². The van der Waals surface area contributed by atoms with Crippen LogP contribution in [0.5, 0.6) is 0 Å². The number of carbonyl (C=O) groups excluding carboxylic acids is 1. The van der Waals surface area contributed by atoms with Gasteiger partial charge < -0.3 is 15.4 Å². The van der Waals surface area contributed by atoms with Gasteiger partial charge in [-0.05, 0) is 37.6 Å². The molecule has 0 bridgehead atoms. The lowest BCUT2D eigenvalue weighted by molar-refractivity contribution is 0.0375. The largest absolute Gasteiger partial charge is 0.379 e.